The normalized spacial score (nSPS) is 19.1. The topological polar surface area (TPSA) is 117 Å². The average Bonchev–Trinajstić information content (AvgIpc) is 3.36. The van der Waals surface area contributed by atoms with Crippen molar-refractivity contribution in [3.8, 4) is 0 Å². The SMILES string of the molecule is CCCCCCCCCCCCCC(=O)O[C@@H]1[C@H](OC(=O)CCCCCCCCCCCCC)[C@@H](C[N+](C)(C)C)O[C@H]1n1ccc(=O)[nH]c1=O. The van der Waals surface area contributed by atoms with Crippen molar-refractivity contribution in [2.45, 2.75) is 192 Å². The molecule has 4 atom stereocenters. The molecule has 2 heterocycles. The minimum absolute atomic E-state index is 0.236. The standard InChI is InChI=1S/C40H71N3O7/c1-6-8-10-12-14-16-18-20-22-24-26-28-35(45)49-37-33(32-43(3,4)5)48-39(42-31-30-34(44)41-40(42)47)38(37)50-36(46)29-27-25-23-21-19-17-15-13-11-9-7-2/h30-31,33,37-39H,6-29,32H2,1-5H3/p+1/t33-,37-,38-,39-/m1/s1. The van der Waals surface area contributed by atoms with Crippen LogP contribution in [0.5, 0.6) is 0 Å². The van der Waals surface area contributed by atoms with E-state index in [2.05, 4.69) is 18.8 Å². The number of rotatable bonds is 29. The molecule has 0 amide bonds. The number of esters is 2. The van der Waals surface area contributed by atoms with Crippen LogP contribution in [0.1, 0.15) is 174 Å². The molecule has 50 heavy (non-hydrogen) atoms. The highest BCUT2D eigenvalue weighted by Gasteiger charge is 2.52. The van der Waals surface area contributed by atoms with Gasteiger partial charge >= 0.3 is 17.6 Å². The van der Waals surface area contributed by atoms with Crippen molar-refractivity contribution in [1.29, 1.82) is 0 Å². The van der Waals surface area contributed by atoms with Crippen molar-refractivity contribution in [3.63, 3.8) is 0 Å². The summed E-state index contributed by atoms with van der Waals surface area (Å²) in [4.78, 5) is 53.4. The first kappa shape index (κ1) is 43.7. The molecule has 0 aromatic carbocycles. The van der Waals surface area contributed by atoms with Crippen molar-refractivity contribution >= 4 is 11.9 Å². The summed E-state index contributed by atoms with van der Waals surface area (Å²) in [6, 6.07) is 1.23. The van der Waals surface area contributed by atoms with E-state index in [1.54, 1.807) is 0 Å². The molecule has 0 saturated carbocycles. The molecular formula is C40H72N3O7+. The number of quaternary nitrogens is 1. The smallest absolute Gasteiger partial charge is 0.330 e. The lowest BCUT2D eigenvalue weighted by molar-refractivity contribution is -0.874. The molecule has 288 valence electrons. The Morgan fingerprint density at radius 1 is 0.660 bits per heavy atom. The zero-order valence-corrected chi connectivity index (χ0v) is 32.4. The van der Waals surface area contributed by atoms with Gasteiger partial charge in [0.1, 0.15) is 12.6 Å². The lowest BCUT2D eigenvalue weighted by Crippen LogP contribution is -2.48. The minimum atomic E-state index is -1.04. The Morgan fingerprint density at radius 2 is 1.06 bits per heavy atom. The maximum absolute atomic E-state index is 13.2. The molecule has 1 saturated heterocycles. The van der Waals surface area contributed by atoms with Crippen LogP contribution < -0.4 is 11.2 Å². The molecular weight excluding hydrogens is 634 g/mol. The second-order valence-electron chi connectivity index (χ2n) is 15.5. The zero-order chi connectivity index (χ0) is 36.6. The molecule has 1 fully saturated rings. The highest BCUT2D eigenvalue weighted by atomic mass is 16.6. The second-order valence-corrected chi connectivity index (χ2v) is 15.5. The number of hydrogen-bond acceptors (Lipinski definition) is 7. The first-order chi connectivity index (χ1) is 24.1. The fraction of sp³-hybridized carbons (Fsp3) is 0.850. The molecule has 2 rings (SSSR count). The summed E-state index contributed by atoms with van der Waals surface area (Å²) in [5.74, 6) is -0.767. The second kappa shape index (κ2) is 25.5. The van der Waals surface area contributed by atoms with Gasteiger partial charge in [-0.05, 0) is 12.8 Å². The monoisotopic (exact) mass is 707 g/mol. The summed E-state index contributed by atoms with van der Waals surface area (Å²) in [5.41, 5.74) is -1.21. The lowest BCUT2D eigenvalue weighted by Gasteiger charge is -2.30. The summed E-state index contributed by atoms with van der Waals surface area (Å²) in [6.07, 6.45) is 24.2. The van der Waals surface area contributed by atoms with Gasteiger partial charge in [-0.3, -0.25) is 23.9 Å². The Bertz CT molecular complexity index is 1170. The summed E-state index contributed by atoms with van der Waals surface area (Å²) in [7, 11) is 6.00. The van der Waals surface area contributed by atoms with Crippen molar-refractivity contribution in [2.75, 3.05) is 27.7 Å². The van der Waals surface area contributed by atoms with E-state index >= 15 is 0 Å². The summed E-state index contributed by atoms with van der Waals surface area (Å²) >= 11 is 0. The average molecular weight is 707 g/mol. The van der Waals surface area contributed by atoms with E-state index in [9.17, 15) is 19.2 Å². The van der Waals surface area contributed by atoms with Gasteiger partial charge in [-0.2, -0.15) is 0 Å². The van der Waals surface area contributed by atoms with Gasteiger partial charge in [-0.15, -0.1) is 0 Å². The highest BCUT2D eigenvalue weighted by Crippen LogP contribution is 2.35. The van der Waals surface area contributed by atoms with Gasteiger partial charge in [0.15, 0.2) is 18.4 Å². The Hall–Kier alpha value is -2.46. The molecule has 1 aromatic heterocycles. The first-order valence-electron chi connectivity index (χ1n) is 20.2. The molecule has 0 radical (unpaired) electrons. The van der Waals surface area contributed by atoms with Gasteiger partial charge in [0.25, 0.3) is 5.56 Å². The van der Waals surface area contributed by atoms with Crippen LogP contribution in [0.2, 0.25) is 0 Å². The Kier molecular flexibility index (Phi) is 22.3. The molecule has 1 N–H and O–H groups in total. The molecule has 10 heteroatoms. The highest BCUT2D eigenvalue weighted by molar-refractivity contribution is 5.70. The van der Waals surface area contributed by atoms with Crippen LogP contribution in [0.15, 0.2) is 21.9 Å². The fourth-order valence-electron chi connectivity index (χ4n) is 6.80. The third-order valence-electron chi connectivity index (χ3n) is 9.64. The van der Waals surface area contributed by atoms with Gasteiger partial charge in [0.2, 0.25) is 0 Å². The number of unbranched alkanes of at least 4 members (excludes halogenated alkanes) is 20. The molecule has 0 aliphatic carbocycles. The van der Waals surface area contributed by atoms with Gasteiger partial charge in [-0.25, -0.2) is 4.79 Å². The zero-order valence-electron chi connectivity index (χ0n) is 32.4. The summed E-state index contributed by atoms with van der Waals surface area (Å²) < 4.78 is 20.2. The maximum Gasteiger partial charge on any atom is 0.330 e. The lowest BCUT2D eigenvalue weighted by atomic mass is 10.1. The van der Waals surface area contributed by atoms with Crippen molar-refractivity contribution < 1.29 is 28.3 Å². The number of nitrogens with zero attached hydrogens (tertiary/aromatic N) is 2. The molecule has 1 aliphatic rings. The molecule has 0 spiro atoms. The van der Waals surface area contributed by atoms with Crippen LogP contribution in [0.25, 0.3) is 0 Å². The Labute approximate surface area is 302 Å². The number of hydrogen-bond donors (Lipinski definition) is 1. The van der Waals surface area contributed by atoms with E-state index in [4.69, 9.17) is 14.2 Å². The predicted octanol–water partition coefficient (Wildman–Crippen LogP) is 8.37. The quantitative estimate of drug-likeness (QED) is 0.0506. The number of ether oxygens (including phenoxy) is 3. The van der Waals surface area contributed by atoms with E-state index in [-0.39, 0.29) is 18.8 Å². The number of aromatic amines is 1. The maximum atomic E-state index is 13.2. The van der Waals surface area contributed by atoms with Gasteiger partial charge in [0, 0.05) is 25.1 Å². The molecule has 0 unspecified atom stereocenters. The van der Waals surface area contributed by atoms with E-state index in [0.29, 0.717) is 17.4 Å². The predicted molar refractivity (Wildman–Crippen MR) is 200 cm³/mol. The van der Waals surface area contributed by atoms with Crippen LogP contribution in [0.3, 0.4) is 0 Å². The fourth-order valence-corrected chi connectivity index (χ4v) is 6.80. The number of H-pyrrole nitrogens is 1. The van der Waals surface area contributed by atoms with E-state index in [0.717, 1.165) is 32.1 Å². The number of likely N-dealkylation sites (N-methyl/N-ethyl adjacent to an activating group) is 1. The Balaban J connectivity index is 1.96. The number of carbonyl (C=O) groups is 2. The van der Waals surface area contributed by atoms with Crippen LogP contribution in [0.4, 0.5) is 0 Å². The molecule has 1 aliphatic heterocycles. The Morgan fingerprint density at radius 3 is 1.46 bits per heavy atom. The van der Waals surface area contributed by atoms with Crippen molar-refractivity contribution in [1.82, 2.24) is 9.55 Å². The molecule has 0 bridgehead atoms. The van der Waals surface area contributed by atoms with Crippen molar-refractivity contribution in [3.05, 3.63) is 33.1 Å². The minimum Gasteiger partial charge on any atom is -0.455 e. The molecule has 1 aromatic rings. The number of carbonyl (C=O) groups excluding carboxylic acids is 2. The number of aromatic nitrogens is 2. The van der Waals surface area contributed by atoms with E-state index in [1.165, 1.54) is 120 Å². The van der Waals surface area contributed by atoms with Gasteiger partial charge in [0.05, 0.1) is 21.1 Å². The van der Waals surface area contributed by atoms with Crippen molar-refractivity contribution in [2.24, 2.45) is 0 Å². The van der Waals surface area contributed by atoms with Gasteiger partial charge in [-0.1, -0.05) is 142 Å². The van der Waals surface area contributed by atoms with Crippen LogP contribution in [-0.4, -0.2) is 72.0 Å². The third-order valence-corrected chi connectivity index (χ3v) is 9.64. The summed E-state index contributed by atoms with van der Waals surface area (Å²) in [6.45, 7) is 4.93. The van der Waals surface area contributed by atoms with Crippen LogP contribution in [0, 0.1) is 0 Å². The molecule has 10 nitrogen and oxygen atoms in total. The largest absolute Gasteiger partial charge is 0.455 e. The van der Waals surface area contributed by atoms with E-state index < -0.39 is 41.8 Å². The number of nitrogens with one attached hydrogen (secondary N) is 1. The van der Waals surface area contributed by atoms with Crippen LogP contribution in [-0.2, 0) is 23.8 Å². The van der Waals surface area contributed by atoms with E-state index in [1.807, 2.05) is 21.1 Å². The first-order valence-corrected chi connectivity index (χ1v) is 20.2. The third kappa shape index (κ3) is 18.7. The van der Waals surface area contributed by atoms with Crippen LogP contribution >= 0.6 is 0 Å². The van der Waals surface area contributed by atoms with Gasteiger partial charge < -0.3 is 18.7 Å². The summed E-state index contributed by atoms with van der Waals surface area (Å²) in [5, 5.41) is 0.